The SMILES string of the molecule is COC1C(c2ccccc2)CC2C(CC(C)C2[Si](C)(C)C2C(C)CC3C(c4ccccc4)CC(C(C)(C)C)CC32)C1c1ccccc1. The molecule has 4 fully saturated rings. The number of benzene rings is 3. The first-order valence-corrected chi connectivity index (χ1v) is 22.3. The van der Waals surface area contributed by atoms with E-state index in [0.717, 1.165) is 46.6 Å². The molecule has 4 aliphatic carbocycles. The highest BCUT2D eigenvalue weighted by Crippen LogP contribution is 2.69. The van der Waals surface area contributed by atoms with Crippen LogP contribution < -0.4 is 0 Å². The van der Waals surface area contributed by atoms with E-state index < -0.39 is 8.07 Å². The maximum Gasteiger partial charge on any atom is 0.0711 e. The molecule has 4 aliphatic rings. The van der Waals surface area contributed by atoms with E-state index >= 15 is 0 Å². The monoisotopic (exact) mass is 646 g/mol. The zero-order valence-electron chi connectivity index (χ0n) is 30.6. The molecule has 0 saturated heterocycles. The summed E-state index contributed by atoms with van der Waals surface area (Å²) >= 11 is 0. The summed E-state index contributed by atoms with van der Waals surface area (Å²) < 4.78 is 6.59. The summed E-state index contributed by atoms with van der Waals surface area (Å²) in [5.74, 6) is 7.20. The Balaban J connectivity index is 1.27. The van der Waals surface area contributed by atoms with Crippen molar-refractivity contribution in [1.82, 2.24) is 0 Å². The summed E-state index contributed by atoms with van der Waals surface area (Å²) in [5, 5.41) is 0. The first kappa shape index (κ1) is 33.3. The minimum absolute atomic E-state index is 0.226. The van der Waals surface area contributed by atoms with Crippen molar-refractivity contribution in [1.29, 1.82) is 0 Å². The molecule has 7 rings (SSSR count). The lowest BCUT2D eigenvalue weighted by atomic mass is 9.61. The van der Waals surface area contributed by atoms with E-state index in [4.69, 9.17) is 4.74 Å². The van der Waals surface area contributed by atoms with Crippen LogP contribution in [-0.2, 0) is 4.74 Å². The molecule has 13 atom stereocenters. The van der Waals surface area contributed by atoms with E-state index in [9.17, 15) is 0 Å². The zero-order chi connectivity index (χ0) is 33.1. The summed E-state index contributed by atoms with van der Waals surface area (Å²) in [5.41, 5.74) is 6.72. The van der Waals surface area contributed by atoms with Gasteiger partial charge in [0, 0.05) is 18.9 Å². The number of hydrogen-bond donors (Lipinski definition) is 0. The van der Waals surface area contributed by atoms with Crippen molar-refractivity contribution in [2.75, 3.05) is 7.11 Å². The first-order chi connectivity index (χ1) is 22.5. The predicted molar refractivity (Wildman–Crippen MR) is 202 cm³/mol. The standard InChI is InChI=1S/C45H62OSi/c1-29-24-37-35(31-18-12-9-13-19-31)26-34(45(3,4)5)27-39(37)43(29)47(7,8)44-30(2)25-38-40(44)28-36(32-20-14-10-15-21-32)42(46-6)41(38)33-22-16-11-17-23-33/h9-23,29-30,34-44H,24-28H2,1-8H3. The summed E-state index contributed by atoms with van der Waals surface area (Å²) in [4.78, 5) is 0. The molecule has 0 bridgehead atoms. The van der Waals surface area contributed by atoms with Gasteiger partial charge in [-0.15, -0.1) is 0 Å². The number of ether oxygens (including phenoxy) is 1. The van der Waals surface area contributed by atoms with Gasteiger partial charge in [-0.2, -0.15) is 0 Å². The quantitative estimate of drug-likeness (QED) is 0.242. The third-order valence-corrected chi connectivity index (χ3v) is 20.2. The average molecular weight is 647 g/mol. The largest absolute Gasteiger partial charge is 0.380 e. The molecule has 3 aromatic carbocycles. The molecule has 0 aromatic heterocycles. The Hall–Kier alpha value is -2.16. The smallest absolute Gasteiger partial charge is 0.0711 e. The van der Waals surface area contributed by atoms with Gasteiger partial charge in [0.05, 0.1) is 14.2 Å². The van der Waals surface area contributed by atoms with Crippen LogP contribution in [0.15, 0.2) is 91.0 Å². The van der Waals surface area contributed by atoms with Gasteiger partial charge in [0.1, 0.15) is 0 Å². The van der Waals surface area contributed by atoms with Gasteiger partial charge in [-0.25, -0.2) is 0 Å². The van der Waals surface area contributed by atoms with Crippen molar-refractivity contribution < 1.29 is 4.74 Å². The Morgan fingerprint density at radius 1 is 0.553 bits per heavy atom. The second kappa shape index (κ2) is 12.9. The second-order valence-corrected chi connectivity index (χ2v) is 23.4. The first-order valence-electron chi connectivity index (χ1n) is 19.2. The highest BCUT2D eigenvalue weighted by atomic mass is 28.3. The minimum atomic E-state index is -1.73. The molecular formula is C45H62OSi. The molecule has 0 radical (unpaired) electrons. The van der Waals surface area contributed by atoms with Crippen LogP contribution in [-0.4, -0.2) is 21.3 Å². The van der Waals surface area contributed by atoms with Crippen LogP contribution in [0.1, 0.15) is 101 Å². The Kier molecular flexibility index (Phi) is 9.18. The van der Waals surface area contributed by atoms with Crippen LogP contribution in [0.25, 0.3) is 0 Å². The molecule has 0 aliphatic heterocycles. The lowest BCUT2D eigenvalue weighted by Gasteiger charge is -2.52. The van der Waals surface area contributed by atoms with Gasteiger partial charge in [-0.1, -0.05) is 139 Å². The summed E-state index contributed by atoms with van der Waals surface area (Å²) in [6, 6.07) is 34.7. The molecule has 0 N–H and O–H groups in total. The predicted octanol–water partition coefficient (Wildman–Crippen LogP) is 12.2. The molecule has 0 spiro atoms. The van der Waals surface area contributed by atoms with Crippen LogP contribution in [0.4, 0.5) is 0 Å². The van der Waals surface area contributed by atoms with Crippen molar-refractivity contribution >= 4 is 8.07 Å². The number of hydrogen-bond acceptors (Lipinski definition) is 1. The Bertz CT molecular complexity index is 1460. The van der Waals surface area contributed by atoms with Crippen molar-refractivity contribution in [3.63, 3.8) is 0 Å². The van der Waals surface area contributed by atoms with Crippen LogP contribution in [0.5, 0.6) is 0 Å². The van der Waals surface area contributed by atoms with Gasteiger partial charge in [-0.3, -0.25) is 0 Å². The lowest BCUT2D eigenvalue weighted by molar-refractivity contribution is -0.00402. The Morgan fingerprint density at radius 3 is 1.53 bits per heavy atom. The molecule has 252 valence electrons. The molecule has 1 nitrogen and oxygen atoms in total. The van der Waals surface area contributed by atoms with Gasteiger partial charge >= 0.3 is 0 Å². The van der Waals surface area contributed by atoms with E-state index in [1.54, 1.807) is 5.56 Å². The van der Waals surface area contributed by atoms with E-state index in [2.05, 4.69) is 139 Å². The average Bonchev–Trinajstić information content (AvgIpc) is 3.59. The summed E-state index contributed by atoms with van der Waals surface area (Å²) in [7, 11) is 0.257. The van der Waals surface area contributed by atoms with Gasteiger partial charge < -0.3 is 4.74 Å². The van der Waals surface area contributed by atoms with Crippen molar-refractivity contribution in [2.24, 2.45) is 46.8 Å². The van der Waals surface area contributed by atoms with Crippen LogP contribution >= 0.6 is 0 Å². The minimum Gasteiger partial charge on any atom is -0.380 e. The summed E-state index contributed by atoms with van der Waals surface area (Å²) in [6.07, 6.45) is 7.12. The maximum atomic E-state index is 6.59. The highest BCUT2D eigenvalue weighted by Gasteiger charge is 2.62. The third-order valence-electron chi connectivity index (χ3n) is 14.7. The van der Waals surface area contributed by atoms with Gasteiger partial charge in [-0.05, 0) is 113 Å². The van der Waals surface area contributed by atoms with E-state index in [-0.39, 0.29) is 6.10 Å². The van der Waals surface area contributed by atoms with E-state index in [1.165, 1.54) is 43.2 Å². The Morgan fingerprint density at radius 2 is 1.02 bits per heavy atom. The topological polar surface area (TPSA) is 9.23 Å². The molecule has 3 aromatic rings. The van der Waals surface area contributed by atoms with Crippen LogP contribution in [0.2, 0.25) is 24.2 Å². The van der Waals surface area contributed by atoms with Crippen LogP contribution in [0, 0.1) is 46.8 Å². The van der Waals surface area contributed by atoms with E-state index in [1.807, 2.05) is 7.11 Å². The van der Waals surface area contributed by atoms with E-state index in [0.29, 0.717) is 29.1 Å². The maximum absolute atomic E-state index is 6.59. The normalized spacial score (nSPS) is 38.9. The fourth-order valence-corrected chi connectivity index (χ4v) is 19.9. The molecule has 47 heavy (non-hydrogen) atoms. The molecule has 0 heterocycles. The van der Waals surface area contributed by atoms with Crippen molar-refractivity contribution in [2.45, 2.75) is 115 Å². The van der Waals surface area contributed by atoms with Gasteiger partial charge in [0.2, 0.25) is 0 Å². The molecule has 0 amide bonds. The molecular weight excluding hydrogens is 585 g/mol. The lowest BCUT2D eigenvalue weighted by Crippen LogP contribution is -2.49. The molecule has 4 saturated carbocycles. The number of rotatable bonds is 6. The fraction of sp³-hybridized carbons (Fsp3) is 0.600. The van der Waals surface area contributed by atoms with Crippen LogP contribution in [0.3, 0.4) is 0 Å². The Labute approximate surface area is 288 Å². The third kappa shape index (κ3) is 5.92. The number of fused-ring (bicyclic) bond motifs is 2. The molecule has 2 heteroatoms. The molecule has 13 unspecified atom stereocenters. The number of methoxy groups -OCH3 is 1. The highest BCUT2D eigenvalue weighted by molar-refractivity contribution is 6.80. The fourth-order valence-electron chi connectivity index (χ4n) is 13.3. The van der Waals surface area contributed by atoms with Gasteiger partial charge in [0.25, 0.3) is 0 Å². The van der Waals surface area contributed by atoms with Crippen molar-refractivity contribution in [3.05, 3.63) is 108 Å². The van der Waals surface area contributed by atoms with Gasteiger partial charge in [0.15, 0.2) is 0 Å². The zero-order valence-corrected chi connectivity index (χ0v) is 31.6. The second-order valence-electron chi connectivity index (χ2n) is 18.4. The van der Waals surface area contributed by atoms with Crippen molar-refractivity contribution in [3.8, 4) is 0 Å². The summed E-state index contributed by atoms with van der Waals surface area (Å²) in [6.45, 7) is 18.7.